The number of likely N-dealkylation sites (tertiary alicyclic amines) is 1. The molecule has 0 aliphatic carbocycles. The van der Waals surface area contributed by atoms with Gasteiger partial charge in [-0.3, -0.25) is 4.90 Å². The van der Waals surface area contributed by atoms with Crippen LogP contribution in [0, 0.1) is 5.92 Å². The van der Waals surface area contributed by atoms with Crippen molar-refractivity contribution in [2.24, 2.45) is 5.92 Å². The smallest absolute Gasteiger partial charge is 0.407 e. The third-order valence-electron chi connectivity index (χ3n) is 4.78. The zero-order chi connectivity index (χ0) is 17.6. The zero-order valence-electron chi connectivity index (χ0n) is 13.7. The molecule has 0 saturated carbocycles. The second-order valence-electron chi connectivity index (χ2n) is 6.68. The largest absolute Gasteiger partial charge is 0.465 e. The van der Waals surface area contributed by atoms with Gasteiger partial charge in [-0.1, -0.05) is 41.1 Å². The lowest BCUT2D eigenvalue weighted by molar-refractivity contribution is 0.138. The van der Waals surface area contributed by atoms with E-state index in [-0.39, 0.29) is 6.04 Å². The number of hydrogen-bond acceptors (Lipinski definition) is 2. The minimum Gasteiger partial charge on any atom is -0.465 e. The highest BCUT2D eigenvalue weighted by molar-refractivity contribution is 9.10. The summed E-state index contributed by atoms with van der Waals surface area (Å²) in [7, 11) is 0. The lowest BCUT2D eigenvalue weighted by atomic mass is 10.1. The van der Waals surface area contributed by atoms with Gasteiger partial charge in [-0.05, 0) is 41.3 Å². The molecule has 2 aromatic carbocycles. The molecule has 2 atom stereocenters. The first-order valence-electron chi connectivity index (χ1n) is 8.25. The highest BCUT2D eigenvalue weighted by atomic mass is 79.9. The van der Waals surface area contributed by atoms with Crippen LogP contribution in [0.15, 0.2) is 47.1 Å². The van der Waals surface area contributed by atoms with Crippen molar-refractivity contribution in [2.45, 2.75) is 19.4 Å². The third kappa shape index (κ3) is 3.02. The molecule has 2 N–H and O–H groups in total. The number of aromatic amines is 1. The van der Waals surface area contributed by atoms with Gasteiger partial charge in [0.1, 0.15) is 5.82 Å². The second-order valence-corrected chi connectivity index (χ2v) is 7.60. The number of amides is 1. The SMILES string of the molecule is CC1CC(c2ncc(-c3ccc4cc(Br)ccc4c3)[nH]2)N(C(=O)O)C1. The molecule has 2 heterocycles. The number of imidazole rings is 1. The van der Waals surface area contributed by atoms with Crippen LogP contribution in [-0.4, -0.2) is 32.6 Å². The summed E-state index contributed by atoms with van der Waals surface area (Å²) >= 11 is 3.49. The minimum atomic E-state index is -0.886. The van der Waals surface area contributed by atoms with E-state index in [4.69, 9.17) is 0 Å². The summed E-state index contributed by atoms with van der Waals surface area (Å²) in [5.74, 6) is 1.06. The van der Waals surface area contributed by atoms with Crippen molar-refractivity contribution in [3.63, 3.8) is 0 Å². The van der Waals surface area contributed by atoms with E-state index >= 15 is 0 Å². The van der Waals surface area contributed by atoms with Crippen LogP contribution >= 0.6 is 15.9 Å². The number of nitrogens with zero attached hydrogens (tertiary/aromatic N) is 2. The van der Waals surface area contributed by atoms with Crippen molar-refractivity contribution in [1.82, 2.24) is 14.9 Å². The summed E-state index contributed by atoms with van der Waals surface area (Å²) in [6.45, 7) is 2.63. The Kier molecular flexibility index (Phi) is 4.00. The summed E-state index contributed by atoms with van der Waals surface area (Å²) in [5.41, 5.74) is 1.95. The Bertz CT molecular complexity index is 953. The first-order chi connectivity index (χ1) is 12.0. The van der Waals surface area contributed by atoms with E-state index in [2.05, 4.69) is 63.2 Å². The topological polar surface area (TPSA) is 69.2 Å². The normalized spacial score (nSPS) is 20.3. The first-order valence-corrected chi connectivity index (χ1v) is 9.05. The average molecular weight is 400 g/mol. The van der Waals surface area contributed by atoms with Crippen LogP contribution in [0.4, 0.5) is 4.79 Å². The lowest BCUT2D eigenvalue weighted by Crippen LogP contribution is -2.29. The Hall–Kier alpha value is -2.34. The fourth-order valence-corrected chi connectivity index (χ4v) is 3.93. The monoisotopic (exact) mass is 399 g/mol. The van der Waals surface area contributed by atoms with Crippen LogP contribution in [-0.2, 0) is 0 Å². The van der Waals surface area contributed by atoms with Gasteiger partial charge in [0.05, 0.1) is 17.9 Å². The van der Waals surface area contributed by atoms with E-state index in [1.165, 1.54) is 10.3 Å². The number of H-pyrrole nitrogens is 1. The van der Waals surface area contributed by atoms with Gasteiger partial charge in [0.2, 0.25) is 0 Å². The van der Waals surface area contributed by atoms with Gasteiger partial charge in [-0.2, -0.15) is 0 Å². The summed E-state index contributed by atoms with van der Waals surface area (Å²) in [6.07, 6.45) is 1.70. The molecule has 1 saturated heterocycles. The molecule has 0 radical (unpaired) electrons. The molecule has 1 fully saturated rings. The molecular formula is C19H18BrN3O2. The summed E-state index contributed by atoms with van der Waals surface area (Å²) in [6, 6.07) is 12.2. The second kappa shape index (κ2) is 6.19. The van der Waals surface area contributed by atoms with Crippen molar-refractivity contribution < 1.29 is 9.90 Å². The maximum atomic E-state index is 11.5. The number of fused-ring (bicyclic) bond motifs is 1. The molecule has 1 aliphatic heterocycles. The Morgan fingerprint density at radius 1 is 1.28 bits per heavy atom. The van der Waals surface area contributed by atoms with Crippen LogP contribution in [0.25, 0.3) is 22.0 Å². The molecule has 0 spiro atoms. The summed E-state index contributed by atoms with van der Waals surface area (Å²) < 4.78 is 1.06. The molecule has 3 aromatic rings. The Morgan fingerprint density at radius 3 is 2.84 bits per heavy atom. The molecule has 5 nitrogen and oxygen atoms in total. The highest BCUT2D eigenvalue weighted by Crippen LogP contribution is 2.35. The third-order valence-corrected chi connectivity index (χ3v) is 5.27. The van der Waals surface area contributed by atoms with E-state index in [0.717, 1.165) is 33.4 Å². The van der Waals surface area contributed by atoms with Crippen LogP contribution in [0.3, 0.4) is 0 Å². The van der Waals surface area contributed by atoms with E-state index in [1.54, 1.807) is 6.20 Å². The van der Waals surface area contributed by atoms with Gasteiger partial charge in [0, 0.05) is 16.6 Å². The summed E-state index contributed by atoms with van der Waals surface area (Å²) in [5, 5.41) is 11.7. The Balaban J connectivity index is 1.67. The van der Waals surface area contributed by atoms with Gasteiger partial charge in [-0.15, -0.1) is 0 Å². The number of benzene rings is 2. The number of carbonyl (C=O) groups is 1. The standard InChI is InChI=1S/C19H18BrN3O2/c1-11-6-17(23(10-11)19(24)25)18-21-9-16(22-18)14-3-2-13-8-15(20)5-4-12(13)7-14/h2-5,7-9,11,17H,6,10H2,1H3,(H,21,22)(H,24,25). The number of nitrogens with one attached hydrogen (secondary N) is 1. The van der Waals surface area contributed by atoms with Crippen molar-refractivity contribution in [3.05, 3.63) is 52.9 Å². The molecule has 1 aliphatic rings. The Morgan fingerprint density at radius 2 is 2.04 bits per heavy atom. The molecule has 4 rings (SSSR count). The van der Waals surface area contributed by atoms with Crippen LogP contribution in [0.1, 0.15) is 25.2 Å². The average Bonchev–Trinajstić information content (AvgIpc) is 3.21. The maximum Gasteiger partial charge on any atom is 0.407 e. The first kappa shape index (κ1) is 16.1. The predicted molar refractivity (Wildman–Crippen MR) is 100 cm³/mol. The van der Waals surface area contributed by atoms with Crippen LogP contribution in [0.2, 0.25) is 0 Å². The maximum absolute atomic E-state index is 11.5. The van der Waals surface area contributed by atoms with E-state index < -0.39 is 6.09 Å². The highest BCUT2D eigenvalue weighted by Gasteiger charge is 2.35. The molecule has 1 amide bonds. The number of aromatic nitrogens is 2. The predicted octanol–water partition coefficient (Wildman–Crippen LogP) is 5.05. The number of rotatable bonds is 2. The van der Waals surface area contributed by atoms with Crippen LogP contribution in [0.5, 0.6) is 0 Å². The van der Waals surface area contributed by atoms with Gasteiger partial charge < -0.3 is 10.1 Å². The van der Waals surface area contributed by atoms with Crippen molar-refractivity contribution in [3.8, 4) is 11.3 Å². The van der Waals surface area contributed by atoms with Gasteiger partial charge in [0.25, 0.3) is 0 Å². The van der Waals surface area contributed by atoms with Crippen molar-refractivity contribution in [2.75, 3.05) is 6.54 Å². The van der Waals surface area contributed by atoms with E-state index in [9.17, 15) is 9.90 Å². The lowest BCUT2D eigenvalue weighted by Gasteiger charge is -2.19. The zero-order valence-corrected chi connectivity index (χ0v) is 15.3. The quantitative estimate of drug-likeness (QED) is 0.632. The fraction of sp³-hybridized carbons (Fsp3) is 0.263. The Labute approximate surface area is 153 Å². The molecule has 0 bridgehead atoms. The van der Waals surface area contributed by atoms with Crippen molar-refractivity contribution in [1.29, 1.82) is 0 Å². The van der Waals surface area contributed by atoms with Crippen molar-refractivity contribution >= 4 is 32.8 Å². The summed E-state index contributed by atoms with van der Waals surface area (Å²) in [4.78, 5) is 20.7. The molecule has 2 unspecified atom stereocenters. The molecule has 6 heteroatoms. The number of hydrogen-bond donors (Lipinski definition) is 2. The van der Waals surface area contributed by atoms with Gasteiger partial charge in [0.15, 0.2) is 0 Å². The van der Waals surface area contributed by atoms with E-state index in [1.807, 2.05) is 6.07 Å². The van der Waals surface area contributed by atoms with Gasteiger partial charge in [-0.25, -0.2) is 9.78 Å². The molecule has 25 heavy (non-hydrogen) atoms. The fourth-order valence-electron chi connectivity index (χ4n) is 3.55. The molecule has 128 valence electrons. The van der Waals surface area contributed by atoms with E-state index in [0.29, 0.717) is 12.5 Å². The van der Waals surface area contributed by atoms with Crippen LogP contribution < -0.4 is 0 Å². The molecule has 1 aromatic heterocycles. The molecular weight excluding hydrogens is 382 g/mol. The van der Waals surface area contributed by atoms with Gasteiger partial charge >= 0.3 is 6.09 Å². The number of carboxylic acid groups (broad SMARTS) is 1. The number of halogens is 1. The minimum absolute atomic E-state index is 0.197.